The van der Waals surface area contributed by atoms with Gasteiger partial charge in [0.15, 0.2) is 0 Å². The van der Waals surface area contributed by atoms with Crippen molar-refractivity contribution in [3.05, 3.63) is 0 Å². The second kappa shape index (κ2) is 6.21. The molecule has 1 amide bonds. The van der Waals surface area contributed by atoms with Crippen molar-refractivity contribution in [2.24, 2.45) is 5.73 Å². The van der Waals surface area contributed by atoms with Crippen molar-refractivity contribution in [3.63, 3.8) is 0 Å². The second-order valence-corrected chi connectivity index (χ2v) is 5.13. The first-order valence-electron chi connectivity index (χ1n) is 6.26. The number of nitrogens with one attached hydrogen (secondary N) is 1. The van der Waals surface area contributed by atoms with Crippen LogP contribution in [0, 0.1) is 0 Å². The molecule has 0 heterocycles. The predicted octanol–water partition coefficient (Wildman–Crippen LogP) is 0.716. The molecular formula is C12H25N3O. The van der Waals surface area contributed by atoms with Crippen molar-refractivity contribution < 1.29 is 4.79 Å². The van der Waals surface area contributed by atoms with Gasteiger partial charge in [0.05, 0.1) is 5.54 Å². The SMILES string of the molecule is CN(C)CCCNC(=O)C1(N)CCCCC1. The third-order valence-electron chi connectivity index (χ3n) is 3.27. The van der Waals surface area contributed by atoms with Gasteiger partial charge in [0.2, 0.25) is 5.91 Å². The zero-order chi connectivity index (χ0) is 12.0. The van der Waals surface area contributed by atoms with Gasteiger partial charge in [-0.05, 0) is 39.9 Å². The van der Waals surface area contributed by atoms with E-state index in [4.69, 9.17) is 5.73 Å². The van der Waals surface area contributed by atoms with Gasteiger partial charge >= 0.3 is 0 Å². The highest BCUT2D eigenvalue weighted by atomic mass is 16.2. The summed E-state index contributed by atoms with van der Waals surface area (Å²) in [6.07, 6.45) is 6.05. The maximum atomic E-state index is 11.9. The van der Waals surface area contributed by atoms with Crippen LogP contribution in [0.3, 0.4) is 0 Å². The highest BCUT2D eigenvalue weighted by molar-refractivity contribution is 5.86. The number of hydrogen-bond donors (Lipinski definition) is 2. The first-order valence-corrected chi connectivity index (χ1v) is 6.26. The first-order chi connectivity index (χ1) is 7.54. The van der Waals surface area contributed by atoms with Gasteiger partial charge < -0.3 is 16.0 Å². The molecule has 1 rings (SSSR count). The van der Waals surface area contributed by atoms with Crippen molar-refractivity contribution in [2.45, 2.75) is 44.1 Å². The Balaban J connectivity index is 2.23. The average molecular weight is 227 g/mol. The summed E-state index contributed by atoms with van der Waals surface area (Å²) in [4.78, 5) is 14.0. The lowest BCUT2D eigenvalue weighted by Gasteiger charge is -2.31. The minimum atomic E-state index is -0.587. The first kappa shape index (κ1) is 13.5. The van der Waals surface area contributed by atoms with Crippen molar-refractivity contribution in [2.75, 3.05) is 27.2 Å². The zero-order valence-electron chi connectivity index (χ0n) is 10.6. The summed E-state index contributed by atoms with van der Waals surface area (Å²) in [5.74, 6) is 0.0472. The van der Waals surface area contributed by atoms with E-state index in [2.05, 4.69) is 10.2 Å². The van der Waals surface area contributed by atoms with Crippen molar-refractivity contribution in [1.82, 2.24) is 10.2 Å². The number of hydrogen-bond acceptors (Lipinski definition) is 3. The molecule has 0 unspecified atom stereocenters. The summed E-state index contributed by atoms with van der Waals surface area (Å²) in [5, 5.41) is 2.96. The van der Waals surface area contributed by atoms with E-state index < -0.39 is 5.54 Å². The Bertz CT molecular complexity index is 222. The molecule has 4 heteroatoms. The molecule has 0 aliphatic heterocycles. The van der Waals surface area contributed by atoms with Crippen molar-refractivity contribution in [3.8, 4) is 0 Å². The average Bonchev–Trinajstić information content (AvgIpc) is 2.25. The smallest absolute Gasteiger partial charge is 0.240 e. The fourth-order valence-corrected chi connectivity index (χ4v) is 2.18. The Morgan fingerprint density at radius 3 is 2.50 bits per heavy atom. The van der Waals surface area contributed by atoms with Crippen LogP contribution in [0.5, 0.6) is 0 Å². The van der Waals surface area contributed by atoms with Gasteiger partial charge in [-0.3, -0.25) is 4.79 Å². The molecule has 94 valence electrons. The molecule has 1 saturated carbocycles. The van der Waals surface area contributed by atoms with Gasteiger partial charge in [0.1, 0.15) is 0 Å². The predicted molar refractivity (Wildman–Crippen MR) is 66.2 cm³/mol. The Hall–Kier alpha value is -0.610. The molecule has 0 saturated heterocycles. The number of carbonyl (C=O) groups is 1. The molecular weight excluding hydrogens is 202 g/mol. The minimum absolute atomic E-state index is 0.0472. The van der Waals surface area contributed by atoms with E-state index in [1.165, 1.54) is 6.42 Å². The number of nitrogens with zero attached hydrogens (tertiary/aromatic N) is 1. The summed E-state index contributed by atoms with van der Waals surface area (Å²) in [6, 6.07) is 0. The van der Waals surface area contributed by atoms with Crippen LogP contribution in [0.25, 0.3) is 0 Å². The van der Waals surface area contributed by atoms with E-state index in [9.17, 15) is 4.79 Å². The van der Waals surface area contributed by atoms with E-state index in [1.807, 2.05) is 14.1 Å². The Morgan fingerprint density at radius 2 is 1.94 bits per heavy atom. The van der Waals surface area contributed by atoms with Gasteiger partial charge in [0.25, 0.3) is 0 Å². The van der Waals surface area contributed by atoms with Crippen LogP contribution in [0.1, 0.15) is 38.5 Å². The van der Waals surface area contributed by atoms with E-state index in [0.29, 0.717) is 0 Å². The third kappa shape index (κ3) is 4.10. The van der Waals surface area contributed by atoms with Crippen molar-refractivity contribution in [1.29, 1.82) is 0 Å². The molecule has 16 heavy (non-hydrogen) atoms. The van der Waals surface area contributed by atoms with Crippen LogP contribution in [0.2, 0.25) is 0 Å². The van der Waals surface area contributed by atoms with E-state index >= 15 is 0 Å². The summed E-state index contributed by atoms with van der Waals surface area (Å²) in [5.41, 5.74) is 5.54. The van der Waals surface area contributed by atoms with E-state index in [0.717, 1.165) is 45.2 Å². The molecule has 0 spiro atoms. The van der Waals surface area contributed by atoms with Gasteiger partial charge in [-0.1, -0.05) is 19.3 Å². The number of rotatable bonds is 5. The number of amides is 1. The summed E-state index contributed by atoms with van der Waals surface area (Å²) in [6.45, 7) is 1.73. The highest BCUT2D eigenvalue weighted by Gasteiger charge is 2.34. The van der Waals surface area contributed by atoms with Crippen LogP contribution in [-0.4, -0.2) is 43.5 Å². The largest absolute Gasteiger partial charge is 0.354 e. The monoisotopic (exact) mass is 227 g/mol. The second-order valence-electron chi connectivity index (χ2n) is 5.13. The van der Waals surface area contributed by atoms with Crippen LogP contribution < -0.4 is 11.1 Å². The van der Waals surface area contributed by atoms with Gasteiger partial charge in [-0.15, -0.1) is 0 Å². The standard InChI is InChI=1S/C12H25N3O/c1-15(2)10-6-9-14-11(16)12(13)7-4-3-5-8-12/h3-10,13H2,1-2H3,(H,14,16). The number of nitrogens with two attached hydrogens (primary N) is 1. The molecule has 1 aliphatic rings. The molecule has 0 aromatic carbocycles. The van der Waals surface area contributed by atoms with Gasteiger partial charge in [-0.25, -0.2) is 0 Å². The molecule has 3 N–H and O–H groups in total. The summed E-state index contributed by atoms with van der Waals surface area (Å²) >= 11 is 0. The van der Waals surface area contributed by atoms with E-state index in [1.54, 1.807) is 0 Å². The molecule has 4 nitrogen and oxygen atoms in total. The maximum Gasteiger partial charge on any atom is 0.240 e. The topological polar surface area (TPSA) is 58.4 Å². The van der Waals surface area contributed by atoms with Crippen LogP contribution in [0.15, 0.2) is 0 Å². The highest BCUT2D eigenvalue weighted by Crippen LogP contribution is 2.25. The van der Waals surface area contributed by atoms with Crippen LogP contribution >= 0.6 is 0 Å². The molecule has 0 radical (unpaired) electrons. The van der Waals surface area contributed by atoms with E-state index in [-0.39, 0.29) is 5.91 Å². The fourth-order valence-electron chi connectivity index (χ4n) is 2.18. The molecule has 0 aromatic rings. The normalized spacial score (nSPS) is 19.8. The fraction of sp³-hybridized carbons (Fsp3) is 0.917. The molecule has 1 fully saturated rings. The van der Waals surface area contributed by atoms with Gasteiger partial charge in [0, 0.05) is 6.54 Å². The number of carbonyl (C=O) groups excluding carboxylic acids is 1. The van der Waals surface area contributed by atoms with Crippen molar-refractivity contribution >= 4 is 5.91 Å². The Morgan fingerprint density at radius 1 is 1.31 bits per heavy atom. The van der Waals surface area contributed by atoms with Crippen LogP contribution in [0.4, 0.5) is 0 Å². The quantitative estimate of drug-likeness (QED) is 0.680. The third-order valence-corrected chi connectivity index (χ3v) is 3.27. The molecule has 0 atom stereocenters. The maximum absolute atomic E-state index is 11.9. The Kier molecular flexibility index (Phi) is 5.22. The van der Waals surface area contributed by atoms with Crippen LogP contribution in [-0.2, 0) is 4.79 Å². The lowest BCUT2D eigenvalue weighted by molar-refractivity contribution is -0.127. The lowest BCUT2D eigenvalue weighted by Crippen LogP contribution is -2.55. The molecule has 0 bridgehead atoms. The van der Waals surface area contributed by atoms with Gasteiger partial charge in [-0.2, -0.15) is 0 Å². The summed E-state index contributed by atoms with van der Waals surface area (Å²) in [7, 11) is 4.07. The zero-order valence-corrected chi connectivity index (χ0v) is 10.6. The molecule has 1 aliphatic carbocycles. The Labute approximate surface area is 98.6 Å². The lowest BCUT2D eigenvalue weighted by atomic mass is 9.82. The molecule has 0 aromatic heterocycles. The summed E-state index contributed by atoms with van der Waals surface area (Å²) < 4.78 is 0. The minimum Gasteiger partial charge on any atom is -0.354 e.